The molecule has 102 valence electrons. The van der Waals surface area contributed by atoms with Crippen LogP contribution in [0.15, 0.2) is 66.9 Å². The summed E-state index contributed by atoms with van der Waals surface area (Å²) in [6.07, 6.45) is 3.22. The molecule has 0 aliphatic rings. The summed E-state index contributed by atoms with van der Waals surface area (Å²) in [6.45, 7) is 0.669. The Kier molecular flexibility index (Phi) is 4.95. The van der Waals surface area contributed by atoms with Crippen molar-refractivity contribution in [2.45, 2.75) is 6.54 Å². The SMILES string of the molecule is COc1ccc(CN/C=C/C(=O)c2ccccc2)cc1. The maximum absolute atomic E-state index is 11.8. The number of allylic oxidation sites excluding steroid dienone is 1. The van der Waals surface area contributed by atoms with Crippen LogP contribution in [-0.2, 0) is 6.54 Å². The Labute approximate surface area is 118 Å². The average Bonchev–Trinajstić information content (AvgIpc) is 2.53. The van der Waals surface area contributed by atoms with Gasteiger partial charge in [0, 0.05) is 24.4 Å². The molecule has 3 nitrogen and oxygen atoms in total. The van der Waals surface area contributed by atoms with Crippen molar-refractivity contribution in [3.63, 3.8) is 0 Å². The van der Waals surface area contributed by atoms with E-state index < -0.39 is 0 Å². The zero-order valence-corrected chi connectivity index (χ0v) is 11.4. The van der Waals surface area contributed by atoms with Crippen LogP contribution in [0.3, 0.4) is 0 Å². The highest BCUT2D eigenvalue weighted by atomic mass is 16.5. The van der Waals surface area contributed by atoms with Crippen LogP contribution in [0, 0.1) is 0 Å². The van der Waals surface area contributed by atoms with E-state index in [1.165, 1.54) is 0 Å². The van der Waals surface area contributed by atoms with Gasteiger partial charge in [0.15, 0.2) is 5.78 Å². The molecule has 0 atom stereocenters. The van der Waals surface area contributed by atoms with Gasteiger partial charge in [0.05, 0.1) is 7.11 Å². The Morgan fingerprint density at radius 3 is 2.45 bits per heavy atom. The summed E-state index contributed by atoms with van der Waals surface area (Å²) in [6, 6.07) is 17.0. The molecule has 0 fully saturated rings. The summed E-state index contributed by atoms with van der Waals surface area (Å²) in [5.41, 5.74) is 1.82. The molecule has 3 heteroatoms. The molecule has 0 saturated heterocycles. The Morgan fingerprint density at radius 1 is 1.10 bits per heavy atom. The number of hydrogen-bond donors (Lipinski definition) is 1. The van der Waals surface area contributed by atoms with Gasteiger partial charge in [0.2, 0.25) is 0 Å². The van der Waals surface area contributed by atoms with Crippen LogP contribution in [0.1, 0.15) is 15.9 Å². The van der Waals surface area contributed by atoms with Crippen LogP contribution in [0.25, 0.3) is 0 Å². The summed E-state index contributed by atoms with van der Waals surface area (Å²) in [5, 5.41) is 3.10. The number of ketones is 1. The third-order valence-electron chi connectivity index (χ3n) is 2.88. The molecule has 0 radical (unpaired) electrons. The molecule has 0 saturated carbocycles. The monoisotopic (exact) mass is 267 g/mol. The highest BCUT2D eigenvalue weighted by molar-refractivity contribution is 6.04. The maximum Gasteiger partial charge on any atom is 0.187 e. The molecular formula is C17H17NO2. The zero-order valence-electron chi connectivity index (χ0n) is 11.4. The summed E-state index contributed by atoms with van der Waals surface area (Å²) in [5.74, 6) is 0.830. The molecule has 0 unspecified atom stereocenters. The van der Waals surface area contributed by atoms with Gasteiger partial charge in [-0.05, 0) is 17.7 Å². The van der Waals surface area contributed by atoms with E-state index in [-0.39, 0.29) is 5.78 Å². The van der Waals surface area contributed by atoms with Gasteiger partial charge >= 0.3 is 0 Å². The fraction of sp³-hybridized carbons (Fsp3) is 0.118. The number of methoxy groups -OCH3 is 1. The summed E-state index contributed by atoms with van der Waals surface area (Å²) >= 11 is 0. The molecule has 0 aromatic heterocycles. The Balaban J connectivity index is 1.83. The molecule has 2 rings (SSSR count). The number of carbonyl (C=O) groups excluding carboxylic acids is 1. The van der Waals surface area contributed by atoms with E-state index in [1.807, 2.05) is 42.5 Å². The van der Waals surface area contributed by atoms with Crippen molar-refractivity contribution in [3.05, 3.63) is 78.0 Å². The topological polar surface area (TPSA) is 38.3 Å². The average molecular weight is 267 g/mol. The van der Waals surface area contributed by atoms with Gasteiger partial charge in [-0.1, -0.05) is 42.5 Å². The molecule has 0 aliphatic carbocycles. The molecular weight excluding hydrogens is 250 g/mol. The molecule has 0 heterocycles. The lowest BCUT2D eigenvalue weighted by Gasteiger charge is -2.03. The fourth-order valence-electron chi connectivity index (χ4n) is 1.75. The maximum atomic E-state index is 11.8. The fourth-order valence-corrected chi connectivity index (χ4v) is 1.75. The van der Waals surface area contributed by atoms with Crippen molar-refractivity contribution in [1.82, 2.24) is 5.32 Å². The minimum atomic E-state index is -0.00664. The lowest BCUT2D eigenvalue weighted by molar-refractivity contribution is 0.104. The summed E-state index contributed by atoms with van der Waals surface area (Å²) in [7, 11) is 1.64. The predicted octanol–water partition coefficient (Wildman–Crippen LogP) is 3.18. The zero-order chi connectivity index (χ0) is 14.2. The van der Waals surface area contributed by atoms with Gasteiger partial charge in [-0.3, -0.25) is 4.79 Å². The summed E-state index contributed by atoms with van der Waals surface area (Å²) in [4.78, 5) is 11.8. The molecule has 0 aliphatic heterocycles. The molecule has 20 heavy (non-hydrogen) atoms. The minimum Gasteiger partial charge on any atom is -0.497 e. The van der Waals surface area contributed by atoms with Crippen molar-refractivity contribution in [1.29, 1.82) is 0 Å². The van der Waals surface area contributed by atoms with Crippen molar-refractivity contribution < 1.29 is 9.53 Å². The van der Waals surface area contributed by atoms with E-state index in [2.05, 4.69) is 5.32 Å². The van der Waals surface area contributed by atoms with Crippen molar-refractivity contribution in [2.24, 2.45) is 0 Å². The smallest absolute Gasteiger partial charge is 0.187 e. The van der Waals surface area contributed by atoms with Crippen molar-refractivity contribution >= 4 is 5.78 Å². The molecule has 0 amide bonds. The first-order valence-electron chi connectivity index (χ1n) is 6.42. The van der Waals surface area contributed by atoms with Crippen molar-refractivity contribution in [2.75, 3.05) is 7.11 Å². The number of nitrogens with one attached hydrogen (secondary N) is 1. The first-order chi connectivity index (χ1) is 9.79. The van der Waals surface area contributed by atoms with Crippen LogP contribution in [0.5, 0.6) is 5.75 Å². The Hall–Kier alpha value is -2.55. The third kappa shape index (κ3) is 3.99. The van der Waals surface area contributed by atoms with Gasteiger partial charge in [-0.25, -0.2) is 0 Å². The normalized spacial score (nSPS) is 10.4. The number of rotatable bonds is 6. The van der Waals surface area contributed by atoms with Crippen LogP contribution < -0.4 is 10.1 Å². The van der Waals surface area contributed by atoms with Crippen molar-refractivity contribution in [3.8, 4) is 5.75 Å². The molecule has 2 aromatic rings. The van der Waals surface area contributed by atoms with Gasteiger partial charge in [0.25, 0.3) is 0 Å². The number of ether oxygens (including phenoxy) is 1. The molecule has 0 spiro atoms. The number of carbonyl (C=O) groups is 1. The van der Waals surface area contributed by atoms with E-state index in [9.17, 15) is 4.79 Å². The molecule has 1 N–H and O–H groups in total. The number of benzene rings is 2. The quantitative estimate of drug-likeness (QED) is 0.645. The van der Waals surface area contributed by atoms with E-state index >= 15 is 0 Å². The highest BCUT2D eigenvalue weighted by Crippen LogP contribution is 2.10. The second kappa shape index (κ2) is 7.14. The van der Waals surface area contributed by atoms with E-state index in [1.54, 1.807) is 31.5 Å². The van der Waals surface area contributed by atoms with Crippen LogP contribution in [0.4, 0.5) is 0 Å². The lowest BCUT2D eigenvalue weighted by Crippen LogP contribution is -2.05. The first-order valence-corrected chi connectivity index (χ1v) is 6.42. The van der Waals surface area contributed by atoms with E-state index in [0.29, 0.717) is 12.1 Å². The van der Waals surface area contributed by atoms with Crippen LogP contribution >= 0.6 is 0 Å². The lowest BCUT2D eigenvalue weighted by atomic mass is 10.1. The Bertz CT molecular complexity index is 574. The second-order valence-corrected chi connectivity index (χ2v) is 4.29. The molecule has 2 aromatic carbocycles. The van der Waals surface area contributed by atoms with Crippen LogP contribution in [-0.4, -0.2) is 12.9 Å². The third-order valence-corrected chi connectivity index (χ3v) is 2.88. The number of hydrogen-bond acceptors (Lipinski definition) is 3. The van der Waals surface area contributed by atoms with Gasteiger partial charge < -0.3 is 10.1 Å². The Morgan fingerprint density at radius 2 is 1.80 bits per heavy atom. The highest BCUT2D eigenvalue weighted by Gasteiger charge is 1.98. The van der Waals surface area contributed by atoms with Gasteiger partial charge in [-0.15, -0.1) is 0 Å². The van der Waals surface area contributed by atoms with E-state index in [4.69, 9.17) is 4.74 Å². The largest absolute Gasteiger partial charge is 0.497 e. The molecule has 0 bridgehead atoms. The van der Waals surface area contributed by atoms with Crippen LogP contribution in [0.2, 0.25) is 0 Å². The van der Waals surface area contributed by atoms with Gasteiger partial charge in [-0.2, -0.15) is 0 Å². The van der Waals surface area contributed by atoms with E-state index in [0.717, 1.165) is 11.3 Å². The summed E-state index contributed by atoms with van der Waals surface area (Å²) < 4.78 is 5.10. The first kappa shape index (κ1) is 13.9. The van der Waals surface area contributed by atoms with Gasteiger partial charge in [0.1, 0.15) is 5.75 Å². The second-order valence-electron chi connectivity index (χ2n) is 4.29. The standard InChI is InChI=1S/C17H17NO2/c1-20-16-9-7-14(8-10-16)13-18-12-11-17(19)15-5-3-2-4-6-15/h2-12,18H,13H2,1H3/b12-11+. The minimum absolute atomic E-state index is 0.00664. The predicted molar refractivity (Wildman–Crippen MR) is 79.7 cm³/mol.